The summed E-state index contributed by atoms with van der Waals surface area (Å²) in [4.78, 5) is 32.4. The number of piperidine rings is 1. The minimum absolute atomic E-state index is 0.100. The fourth-order valence-corrected chi connectivity index (χ4v) is 9.23. The number of benzene rings is 4. The largest absolute Gasteiger partial charge is 0.493 e. The number of nitriles is 1. The molecule has 4 aromatic carbocycles. The Morgan fingerprint density at radius 2 is 1.78 bits per heavy atom. The molecule has 8 rings (SSSR count). The molecule has 0 radical (unpaired) electrons. The number of imide groups is 1. The third kappa shape index (κ3) is 8.65. The summed E-state index contributed by atoms with van der Waals surface area (Å²) in [6.07, 6.45) is 3.54. The zero-order chi connectivity index (χ0) is 41.3. The second-order valence-corrected chi connectivity index (χ2v) is 17.1. The fraction of sp³-hybridized carbons (Fsp3) is 0.404. The van der Waals surface area contributed by atoms with Gasteiger partial charge in [0, 0.05) is 62.9 Å². The summed E-state index contributed by atoms with van der Waals surface area (Å²) in [6, 6.07) is 23.2. The second kappa shape index (κ2) is 16.7. The highest BCUT2D eigenvalue weighted by molar-refractivity contribution is 6.32. The normalized spacial score (nSPS) is 19.4. The van der Waals surface area contributed by atoms with E-state index in [0.29, 0.717) is 72.4 Å². The van der Waals surface area contributed by atoms with Gasteiger partial charge < -0.3 is 19.1 Å². The lowest BCUT2D eigenvalue weighted by Gasteiger charge is -2.45. The van der Waals surface area contributed by atoms with E-state index >= 15 is 0 Å². The Labute approximate surface area is 349 Å². The van der Waals surface area contributed by atoms with Gasteiger partial charge in [-0.3, -0.25) is 19.8 Å². The van der Waals surface area contributed by atoms with Crippen LogP contribution in [0.25, 0.3) is 16.0 Å². The van der Waals surface area contributed by atoms with Crippen molar-refractivity contribution in [3.05, 3.63) is 117 Å². The molecule has 12 heteroatoms. The van der Waals surface area contributed by atoms with E-state index in [-0.39, 0.29) is 30.9 Å². The number of likely N-dealkylation sites (tertiary alicyclic amines) is 2. The van der Waals surface area contributed by atoms with Crippen molar-refractivity contribution in [3.63, 3.8) is 0 Å². The summed E-state index contributed by atoms with van der Waals surface area (Å²) in [6.45, 7) is 15.7. The van der Waals surface area contributed by atoms with Gasteiger partial charge in [-0.05, 0) is 110 Å². The molecule has 0 aromatic heterocycles. The molecule has 1 aliphatic carbocycles. The van der Waals surface area contributed by atoms with Crippen LogP contribution < -0.4 is 19.5 Å². The molecule has 3 fully saturated rings. The van der Waals surface area contributed by atoms with E-state index in [1.807, 2.05) is 18.2 Å². The molecule has 2 amide bonds. The number of halogens is 2. The van der Waals surface area contributed by atoms with Crippen molar-refractivity contribution in [2.45, 2.75) is 77.3 Å². The van der Waals surface area contributed by atoms with E-state index in [0.717, 1.165) is 72.5 Å². The van der Waals surface area contributed by atoms with Gasteiger partial charge in [0.2, 0.25) is 11.8 Å². The van der Waals surface area contributed by atoms with Crippen LogP contribution in [0.5, 0.6) is 17.2 Å². The minimum atomic E-state index is -1.05. The number of rotatable bonds is 13. The number of amides is 2. The maximum atomic E-state index is 14.2. The lowest BCUT2D eigenvalue weighted by Crippen LogP contribution is -2.59. The van der Waals surface area contributed by atoms with Crippen LogP contribution in [0.3, 0.4) is 0 Å². The molecule has 59 heavy (non-hydrogen) atoms. The van der Waals surface area contributed by atoms with Gasteiger partial charge in [-0.2, -0.15) is 5.26 Å². The van der Waals surface area contributed by atoms with Gasteiger partial charge in [0.05, 0.1) is 29.7 Å². The maximum Gasteiger partial charge on any atom is 0.235 e. The quantitative estimate of drug-likeness (QED) is 0.0811. The van der Waals surface area contributed by atoms with Crippen LogP contribution in [-0.2, 0) is 29.2 Å². The summed E-state index contributed by atoms with van der Waals surface area (Å²) in [7, 11) is 0. The number of carbonyl (C=O) groups excluding carboxylic acids is 2. The Bertz CT molecular complexity index is 2340. The van der Waals surface area contributed by atoms with Gasteiger partial charge in [0.1, 0.15) is 35.6 Å². The fourth-order valence-electron chi connectivity index (χ4n) is 9.00. The van der Waals surface area contributed by atoms with Crippen LogP contribution >= 0.6 is 11.6 Å². The van der Waals surface area contributed by atoms with Crippen molar-refractivity contribution >= 4 is 29.1 Å². The van der Waals surface area contributed by atoms with Gasteiger partial charge in [0.15, 0.2) is 5.69 Å². The summed E-state index contributed by atoms with van der Waals surface area (Å²) in [5.41, 5.74) is 6.09. The van der Waals surface area contributed by atoms with Crippen LogP contribution in [0.1, 0.15) is 78.5 Å². The molecule has 1 N–H and O–H groups in total. The Kier molecular flexibility index (Phi) is 11.4. The molecular formula is C47H47ClFN5O5. The Morgan fingerprint density at radius 3 is 2.53 bits per heavy atom. The number of fused-ring (bicyclic) bond motifs is 1. The number of ether oxygens (including phenoxy) is 3. The molecule has 1 spiro atoms. The van der Waals surface area contributed by atoms with Crippen LogP contribution in [0.2, 0.25) is 5.02 Å². The third-order valence-electron chi connectivity index (χ3n) is 12.3. The van der Waals surface area contributed by atoms with E-state index < -0.39 is 11.1 Å². The Morgan fingerprint density at radius 1 is 1.00 bits per heavy atom. The molecular weight excluding hydrogens is 769 g/mol. The Hall–Kier alpha value is -5.46. The molecule has 4 aromatic rings. The second-order valence-electron chi connectivity index (χ2n) is 16.7. The van der Waals surface area contributed by atoms with Gasteiger partial charge in [-0.1, -0.05) is 41.9 Å². The third-order valence-corrected chi connectivity index (χ3v) is 12.6. The summed E-state index contributed by atoms with van der Waals surface area (Å²) < 4.78 is 33.7. The van der Waals surface area contributed by atoms with E-state index in [1.54, 1.807) is 31.2 Å². The van der Waals surface area contributed by atoms with Gasteiger partial charge in [-0.25, -0.2) is 9.24 Å². The maximum absolute atomic E-state index is 14.2. The zero-order valence-corrected chi connectivity index (χ0v) is 34.2. The van der Waals surface area contributed by atoms with E-state index in [1.165, 1.54) is 5.56 Å². The van der Waals surface area contributed by atoms with Crippen molar-refractivity contribution in [3.8, 4) is 34.4 Å². The molecule has 304 valence electrons. The van der Waals surface area contributed by atoms with Crippen LogP contribution in [-0.4, -0.2) is 66.6 Å². The topological polar surface area (TPSA) is 108 Å². The van der Waals surface area contributed by atoms with Crippen molar-refractivity contribution in [1.82, 2.24) is 15.1 Å². The number of alkyl halides is 1. The molecule has 10 nitrogen and oxygen atoms in total. The average Bonchev–Trinajstić information content (AvgIpc) is 3.76. The molecule has 4 aliphatic rings. The first-order valence-corrected chi connectivity index (χ1v) is 20.7. The molecule has 3 saturated heterocycles. The van der Waals surface area contributed by atoms with Crippen LogP contribution in [0.4, 0.5) is 10.1 Å². The number of nitrogens with one attached hydrogen (secondary N) is 1. The minimum Gasteiger partial charge on any atom is -0.493 e. The summed E-state index contributed by atoms with van der Waals surface area (Å²) in [5.74, 6) is 1.39. The van der Waals surface area contributed by atoms with Crippen LogP contribution in [0.15, 0.2) is 66.7 Å². The monoisotopic (exact) mass is 815 g/mol. The lowest BCUT2D eigenvalue weighted by molar-refractivity contribution is -0.137. The van der Waals surface area contributed by atoms with Crippen molar-refractivity contribution in [2.24, 2.45) is 5.41 Å². The molecule has 1 atom stereocenters. The van der Waals surface area contributed by atoms with Crippen molar-refractivity contribution < 1.29 is 28.2 Å². The smallest absolute Gasteiger partial charge is 0.235 e. The highest BCUT2D eigenvalue weighted by Gasteiger charge is 2.54. The highest BCUT2D eigenvalue weighted by Crippen LogP contribution is 2.45. The highest BCUT2D eigenvalue weighted by atomic mass is 35.5. The van der Waals surface area contributed by atoms with Crippen molar-refractivity contribution in [2.75, 3.05) is 39.3 Å². The molecule has 3 heterocycles. The predicted molar refractivity (Wildman–Crippen MR) is 222 cm³/mol. The van der Waals surface area contributed by atoms with E-state index in [9.17, 15) is 19.2 Å². The zero-order valence-electron chi connectivity index (χ0n) is 33.4. The SMILES string of the molecule is [C-]#[N+]c1cc(C#N)cc(COc2cc(O[C@H]3CCc4c(-c5cccc(OCCCN6CCC(C)(F)CC6)c5C)cccc43)c(Cl)cc2CN2CC3(CC(=O)NC3=O)C2)c1. The molecule has 0 bridgehead atoms. The lowest BCUT2D eigenvalue weighted by atomic mass is 9.78. The van der Waals surface area contributed by atoms with Gasteiger partial charge in [-0.15, -0.1) is 0 Å². The standard InChI is InChI=1S/C47H47ClFN5O5/c1-30-35(7-5-10-40(30)57-18-6-15-53-16-13-46(2,49)14-17-53)36-8-4-9-38-37(36)11-12-41(38)59-43-23-42(58-27-32-19-31(25-50)20-34(21-32)51-3)33(22-39(43)48)26-54-28-47(29-54)24-44(55)52-45(47)56/h4-5,7-10,19-23,41H,6,11-18,24,26-29H2,1-2H3,(H,52,55,56)/t41-/m0/s1. The van der Waals surface area contributed by atoms with Crippen LogP contribution in [0, 0.1) is 30.2 Å². The number of carbonyl (C=O) groups is 2. The number of hydrogen-bond donors (Lipinski definition) is 1. The average molecular weight is 816 g/mol. The molecule has 3 aliphatic heterocycles. The Balaban J connectivity index is 0.988. The summed E-state index contributed by atoms with van der Waals surface area (Å²) >= 11 is 6.97. The number of hydrogen-bond acceptors (Lipinski definition) is 8. The van der Waals surface area contributed by atoms with Gasteiger partial charge >= 0.3 is 0 Å². The molecule has 0 unspecified atom stereocenters. The number of nitrogens with zero attached hydrogens (tertiary/aromatic N) is 4. The van der Waals surface area contributed by atoms with Gasteiger partial charge in [0.25, 0.3) is 0 Å². The predicted octanol–water partition coefficient (Wildman–Crippen LogP) is 8.82. The van der Waals surface area contributed by atoms with E-state index in [2.05, 4.69) is 57.2 Å². The first-order chi connectivity index (χ1) is 28.4. The first kappa shape index (κ1) is 40.3. The molecule has 0 saturated carbocycles. The van der Waals surface area contributed by atoms with E-state index in [4.69, 9.17) is 32.4 Å². The van der Waals surface area contributed by atoms with Crippen molar-refractivity contribution in [1.29, 1.82) is 5.26 Å². The first-order valence-electron chi connectivity index (χ1n) is 20.3. The summed E-state index contributed by atoms with van der Waals surface area (Å²) in [5, 5.41) is 12.4.